The number of hydrogen-bond donors (Lipinski definition) is 2. The fourth-order valence-corrected chi connectivity index (χ4v) is 2.42. The lowest BCUT2D eigenvalue weighted by Crippen LogP contribution is -2.14. The average molecular weight is 350 g/mol. The number of rotatable bonds is 4. The molecule has 26 heavy (non-hydrogen) atoms. The second kappa shape index (κ2) is 7.00. The van der Waals surface area contributed by atoms with Gasteiger partial charge in [0, 0.05) is 18.0 Å². The Labute approximate surface area is 152 Å². The van der Waals surface area contributed by atoms with Crippen molar-refractivity contribution in [3.63, 3.8) is 0 Å². The summed E-state index contributed by atoms with van der Waals surface area (Å²) in [5, 5.41) is 9.74. The quantitative estimate of drug-likeness (QED) is 0.714. The largest absolute Gasteiger partial charge is 0.360 e. The summed E-state index contributed by atoms with van der Waals surface area (Å²) in [5.74, 6) is 1.67. The summed E-state index contributed by atoms with van der Waals surface area (Å²) < 4.78 is 4.99. The Kier molecular flexibility index (Phi) is 4.75. The van der Waals surface area contributed by atoms with E-state index in [0.29, 0.717) is 23.0 Å². The van der Waals surface area contributed by atoms with E-state index in [-0.39, 0.29) is 11.3 Å². The number of hydrogen-bond acceptors (Lipinski definition) is 5. The fourth-order valence-electron chi connectivity index (χ4n) is 2.42. The highest BCUT2D eigenvalue weighted by molar-refractivity contribution is 6.04. The van der Waals surface area contributed by atoms with E-state index in [2.05, 4.69) is 41.5 Å². The number of benzene rings is 1. The zero-order chi connectivity index (χ0) is 18.7. The van der Waals surface area contributed by atoms with Crippen molar-refractivity contribution in [3.8, 4) is 0 Å². The topological polar surface area (TPSA) is 80.0 Å². The molecule has 0 saturated heterocycles. The number of amides is 1. The van der Waals surface area contributed by atoms with Crippen molar-refractivity contribution in [1.82, 2.24) is 10.1 Å². The zero-order valence-corrected chi connectivity index (χ0v) is 15.3. The molecule has 6 nitrogen and oxygen atoms in total. The lowest BCUT2D eigenvalue weighted by atomic mass is 9.87. The molecule has 0 saturated carbocycles. The molecule has 0 aliphatic rings. The summed E-state index contributed by atoms with van der Waals surface area (Å²) in [6.45, 7) is 8.28. The molecule has 0 radical (unpaired) electrons. The first kappa shape index (κ1) is 17.7. The van der Waals surface area contributed by atoms with Crippen LogP contribution in [0.1, 0.15) is 42.5 Å². The molecule has 1 amide bonds. The Hall–Kier alpha value is -3.15. The molecule has 2 heterocycles. The molecule has 0 fully saturated rings. The molecule has 0 bridgehead atoms. The van der Waals surface area contributed by atoms with E-state index in [1.807, 2.05) is 31.2 Å². The highest BCUT2D eigenvalue weighted by Gasteiger charge is 2.13. The highest BCUT2D eigenvalue weighted by Crippen LogP contribution is 2.23. The average Bonchev–Trinajstić information content (AvgIpc) is 3.00. The van der Waals surface area contributed by atoms with Gasteiger partial charge in [0.2, 0.25) is 0 Å². The van der Waals surface area contributed by atoms with Crippen LogP contribution in [0.5, 0.6) is 0 Å². The predicted molar refractivity (Wildman–Crippen MR) is 102 cm³/mol. The molecule has 1 aromatic carbocycles. The van der Waals surface area contributed by atoms with Gasteiger partial charge in [0.15, 0.2) is 5.82 Å². The summed E-state index contributed by atoms with van der Waals surface area (Å²) in [4.78, 5) is 16.6. The van der Waals surface area contributed by atoms with Gasteiger partial charge in [0.1, 0.15) is 11.6 Å². The number of nitrogens with zero attached hydrogens (tertiary/aromatic N) is 2. The lowest BCUT2D eigenvalue weighted by molar-refractivity contribution is 0.102. The number of carbonyl (C=O) groups excluding carboxylic acids is 1. The molecule has 0 aliphatic carbocycles. The summed E-state index contributed by atoms with van der Waals surface area (Å²) in [7, 11) is 0. The molecule has 2 N–H and O–H groups in total. The Balaban J connectivity index is 1.64. The summed E-state index contributed by atoms with van der Waals surface area (Å²) in [5.41, 5.74) is 2.53. The number of aromatic nitrogens is 2. The van der Waals surface area contributed by atoms with Crippen LogP contribution in [-0.4, -0.2) is 16.0 Å². The molecular weight excluding hydrogens is 328 g/mol. The van der Waals surface area contributed by atoms with Crippen LogP contribution >= 0.6 is 0 Å². The summed E-state index contributed by atoms with van der Waals surface area (Å²) >= 11 is 0. The van der Waals surface area contributed by atoms with Gasteiger partial charge in [-0.25, -0.2) is 4.98 Å². The van der Waals surface area contributed by atoms with Crippen LogP contribution in [0.3, 0.4) is 0 Å². The minimum atomic E-state index is -0.204. The highest BCUT2D eigenvalue weighted by atomic mass is 16.5. The molecule has 0 atom stereocenters. The maximum atomic E-state index is 12.4. The Morgan fingerprint density at radius 2 is 1.77 bits per heavy atom. The van der Waals surface area contributed by atoms with Gasteiger partial charge in [-0.3, -0.25) is 4.79 Å². The van der Waals surface area contributed by atoms with Crippen LogP contribution in [0, 0.1) is 6.92 Å². The van der Waals surface area contributed by atoms with E-state index in [0.717, 1.165) is 5.69 Å². The van der Waals surface area contributed by atoms with E-state index >= 15 is 0 Å². The number of carbonyl (C=O) groups is 1. The molecule has 6 heteroatoms. The maximum Gasteiger partial charge on any atom is 0.257 e. The zero-order valence-electron chi connectivity index (χ0n) is 15.3. The first-order chi connectivity index (χ1) is 12.3. The van der Waals surface area contributed by atoms with Crippen molar-refractivity contribution in [2.75, 3.05) is 10.6 Å². The molecule has 0 unspecified atom stereocenters. The van der Waals surface area contributed by atoms with Gasteiger partial charge < -0.3 is 15.2 Å². The van der Waals surface area contributed by atoms with E-state index in [1.54, 1.807) is 18.2 Å². The van der Waals surface area contributed by atoms with Crippen LogP contribution in [0.4, 0.5) is 17.3 Å². The molecule has 0 spiro atoms. The third kappa shape index (κ3) is 4.27. The monoisotopic (exact) mass is 350 g/mol. The molecule has 2 aromatic heterocycles. The van der Waals surface area contributed by atoms with Gasteiger partial charge in [0.25, 0.3) is 5.91 Å². The fraction of sp³-hybridized carbons (Fsp3) is 0.250. The van der Waals surface area contributed by atoms with E-state index in [1.165, 1.54) is 11.8 Å². The SMILES string of the molecule is Cc1cc(Nc2ccc(C(=O)Nc3ccc(C(C)(C)C)cc3)cn2)no1. The number of aryl methyl sites for hydroxylation is 1. The van der Waals surface area contributed by atoms with Crippen LogP contribution < -0.4 is 10.6 Å². The van der Waals surface area contributed by atoms with Gasteiger partial charge in [-0.2, -0.15) is 0 Å². The van der Waals surface area contributed by atoms with Crippen LogP contribution in [0.15, 0.2) is 53.2 Å². The minimum Gasteiger partial charge on any atom is -0.360 e. The summed E-state index contributed by atoms with van der Waals surface area (Å²) in [6, 6.07) is 13.1. The van der Waals surface area contributed by atoms with Crippen molar-refractivity contribution in [2.45, 2.75) is 33.1 Å². The first-order valence-electron chi connectivity index (χ1n) is 8.39. The summed E-state index contributed by atoms with van der Waals surface area (Å²) in [6.07, 6.45) is 1.52. The Morgan fingerprint density at radius 3 is 2.31 bits per heavy atom. The Morgan fingerprint density at radius 1 is 1.04 bits per heavy atom. The predicted octanol–water partition coefficient (Wildman–Crippen LogP) is 4.67. The van der Waals surface area contributed by atoms with E-state index in [4.69, 9.17) is 4.52 Å². The van der Waals surface area contributed by atoms with Gasteiger partial charge in [-0.15, -0.1) is 0 Å². The van der Waals surface area contributed by atoms with Gasteiger partial charge in [-0.05, 0) is 42.2 Å². The standard InChI is InChI=1S/C20H22N4O2/c1-13-11-18(24-26-13)23-17-10-5-14(12-21-17)19(25)22-16-8-6-15(7-9-16)20(2,3)4/h5-12H,1-4H3,(H,22,25)(H,21,23,24). The number of nitrogens with one attached hydrogen (secondary N) is 2. The van der Waals surface area contributed by atoms with Crippen molar-refractivity contribution in [2.24, 2.45) is 0 Å². The molecule has 3 rings (SSSR count). The molecule has 134 valence electrons. The first-order valence-corrected chi connectivity index (χ1v) is 8.39. The lowest BCUT2D eigenvalue weighted by Gasteiger charge is -2.19. The van der Waals surface area contributed by atoms with Crippen molar-refractivity contribution < 1.29 is 9.32 Å². The second-order valence-electron chi connectivity index (χ2n) is 7.16. The normalized spacial score (nSPS) is 11.2. The van der Waals surface area contributed by atoms with Gasteiger partial charge in [0.05, 0.1) is 5.56 Å². The van der Waals surface area contributed by atoms with E-state index < -0.39 is 0 Å². The number of pyridine rings is 1. The second-order valence-corrected chi connectivity index (χ2v) is 7.16. The third-order valence-corrected chi connectivity index (χ3v) is 3.92. The van der Waals surface area contributed by atoms with Crippen molar-refractivity contribution in [1.29, 1.82) is 0 Å². The van der Waals surface area contributed by atoms with Gasteiger partial charge >= 0.3 is 0 Å². The molecule has 0 aliphatic heterocycles. The Bertz CT molecular complexity index is 891. The van der Waals surface area contributed by atoms with E-state index in [9.17, 15) is 4.79 Å². The number of anilines is 3. The maximum absolute atomic E-state index is 12.4. The van der Waals surface area contributed by atoms with Crippen LogP contribution in [-0.2, 0) is 5.41 Å². The van der Waals surface area contributed by atoms with Crippen LogP contribution in [0.25, 0.3) is 0 Å². The van der Waals surface area contributed by atoms with Crippen LogP contribution in [0.2, 0.25) is 0 Å². The smallest absolute Gasteiger partial charge is 0.257 e. The third-order valence-electron chi connectivity index (χ3n) is 3.92. The van der Waals surface area contributed by atoms with Crippen molar-refractivity contribution >= 4 is 23.2 Å². The minimum absolute atomic E-state index is 0.0810. The molecular formula is C20H22N4O2. The van der Waals surface area contributed by atoms with Crippen molar-refractivity contribution in [3.05, 3.63) is 65.5 Å². The molecule has 3 aromatic rings. The van der Waals surface area contributed by atoms with Gasteiger partial charge in [-0.1, -0.05) is 38.1 Å².